The van der Waals surface area contributed by atoms with Crippen LogP contribution in [0, 0.1) is 0 Å². The minimum atomic E-state index is -0.292. The Labute approximate surface area is 101 Å². The Morgan fingerprint density at radius 2 is 2.24 bits per heavy atom. The molecule has 0 bridgehead atoms. The van der Waals surface area contributed by atoms with Crippen LogP contribution in [0.25, 0.3) is 0 Å². The first-order valence-corrected chi connectivity index (χ1v) is 5.52. The second kappa shape index (κ2) is 6.10. The van der Waals surface area contributed by atoms with Gasteiger partial charge >= 0.3 is 0 Å². The Kier molecular flexibility index (Phi) is 4.78. The van der Waals surface area contributed by atoms with Gasteiger partial charge in [0.05, 0.1) is 13.2 Å². The summed E-state index contributed by atoms with van der Waals surface area (Å²) >= 11 is 0. The number of hydrogen-bond donors (Lipinski definition) is 3. The Hall–Kier alpha value is -1.75. The van der Waals surface area contributed by atoms with Crippen molar-refractivity contribution in [2.24, 2.45) is 0 Å². The summed E-state index contributed by atoms with van der Waals surface area (Å²) in [4.78, 5) is 11.8. The van der Waals surface area contributed by atoms with Crippen LogP contribution in [0.4, 0.5) is 5.69 Å². The van der Waals surface area contributed by atoms with E-state index in [0.29, 0.717) is 23.6 Å². The molecule has 1 aromatic rings. The fraction of sp³-hybridized carbons (Fsp3) is 0.417. The average Bonchev–Trinajstić information content (AvgIpc) is 2.28. The fourth-order valence-electron chi connectivity index (χ4n) is 1.36. The number of rotatable bonds is 5. The lowest BCUT2D eigenvalue weighted by molar-refractivity contribution is 0.0922. The maximum Gasteiger partial charge on any atom is 0.251 e. The van der Waals surface area contributed by atoms with Crippen molar-refractivity contribution in [3.05, 3.63) is 23.8 Å². The summed E-state index contributed by atoms with van der Waals surface area (Å²) in [5.41, 5.74) is 6.58. The second-order valence-corrected chi connectivity index (χ2v) is 3.78. The fourth-order valence-corrected chi connectivity index (χ4v) is 1.36. The Balaban J connectivity index is 2.85. The molecule has 17 heavy (non-hydrogen) atoms. The highest BCUT2D eigenvalue weighted by Gasteiger charge is 2.11. The number of nitrogens with two attached hydrogens (primary N) is 1. The molecule has 0 fully saturated rings. The summed E-state index contributed by atoms with van der Waals surface area (Å²) in [6, 6.07) is 4.57. The lowest BCUT2D eigenvalue weighted by Crippen LogP contribution is -2.35. The monoisotopic (exact) mass is 238 g/mol. The van der Waals surface area contributed by atoms with Gasteiger partial charge in [-0.3, -0.25) is 4.79 Å². The van der Waals surface area contributed by atoms with E-state index in [1.54, 1.807) is 25.1 Å². The highest BCUT2D eigenvalue weighted by molar-refractivity contribution is 5.95. The summed E-state index contributed by atoms with van der Waals surface area (Å²) < 4.78 is 5.30. The number of ether oxygens (including phenoxy) is 1. The lowest BCUT2D eigenvalue weighted by Gasteiger charge is -2.12. The molecule has 4 N–H and O–H groups in total. The minimum Gasteiger partial charge on any atom is -0.494 e. The third kappa shape index (κ3) is 3.96. The molecular formula is C12H18N2O3. The normalized spacial score (nSPS) is 11.9. The molecule has 5 nitrogen and oxygen atoms in total. The zero-order valence-electron chi connectivity index (χ0n) is 10.1. The summed E-state index contributed by atoms with van der Waals surface area (Å²) in [5.74, 6) is 0.286. The Bertz CT molecular complexity index is 393. The number of benzene rings is 1. The van der Waals surface area contributed by atoms with Gasteiger partial charge in [0.15, 0.2) is 0 Å². The summed E-state index contributed by atoms with van der Waals surface area (Å²) in [6.45, 7) is 3.98. The zero-order valence-corrected chi connectivity index (χ0v) is 10.1. The van der Waals surface area contributed by atoms with Gasteiger partial charge in [0.2, 0.25) is 0 Å². The van der Waals surface area contributed by atoms with Gasteiger partial charge in [0, 0.05) is 23.4 Å². The molecule has 0 saturated heterocycles. The van der Waals surface area contributed by atoms with Crippen LogP contribution >= 0.6 is 0 Å². The number of amides is 1. The molecule has 5 heteroatoms. The number of carbonyl (C=O) groups excluding carboxylic acids is 1. The van der Waals surface area contributed by atoms with Crippen LogP contribution in [0.1, 0.15) is 24.2 Å². The smallest absolute Gasteiger partial charge is 0.251 e. The van der Waals surface area contributed by atoms with Gasteiger partial charge in [-0.15, -0.1) is 0 Å². The van der Waals surface area contributed by atoms with Crippen LogP contribution in [0.5, 0.6) is 5.75 Å². The Morgan fingerprint density at radius 3 is 2.82 bits per heavy atom. The largest absolute Gasteiger partial charge is 0.494 e. The van der Waals surface area contributed by atoms with Gasteiger partial charge < -0.3 is 20.9 Å². The van der Waals surface area contributed by atoms with Gasteiger partial charge in [-0.05, 0) is 26.0 Å². The molecule has 0 spiro atoms. The first kappa shape index (κ1) is 13.3. The van der Waals surface area contributed by atoms with Crippen LogP contribution in [0.3, 0.4) is 0 Å². The molecule has 1 rings (SSSR count). The molecule has 0 saturated carbocycles. The Morgan fingerprint density at radius 1 is 1.53 bits per heavy atom. The molecule has 0 radical (unpaired) electrons. The van der Waals surface area contributed by atoms with E-state index in [9.17, 15) is 4.79 Å². The van der Waals surface area contributed by atoms with E-state index >= 15 is 0 Å². The summed E-state index contributed by atoms with van der Waals surface area (Å²) in [7, 11) is 0. The number of anilines is 1. The van der Waals surface area contributed by atoms with E-state index in [1.807, 2.05) is 6.92 Å². The zero-order chi connectivity index (χ0) is 12.8. The van der Waals surface area contributed by atoms with E-state index in [0.717, 1.165) is 0 Å². The molecule has 94 valence electrons. The van der Waals surface area contributed by atoms with Crippen molar-refractivity contribution in [1.82, 2.24) is 5.32 Å². The molecule has 1 amide bonds. The highest BCUT2D eigenvalue weighted by atomic mass is 16.5. The maximum absolute atomic E-state index is 11.8. The number of aliphatic hydroxyl groups excluding tert-OH is 1. The molecule has 0 aliphatic carbocycles. The van der Waals surface area contributed by atoms with E-state index in [2.05, 4.69) is 5.32 Å². The van der Waals surface area contributed by atoms with Crippen molar-refractivity contribution in [1.29, 1.82) is 0 Å². The van der Waals surface area contributed by atoms with Crippen molar-refractivity contribution < 1.29 is 14.6 Å². The van der Waals surface area contributed by atoms with E-state index in [-0.39, 0.29) is 18.6 Å². The van der Waals surface area contributed by atoms with E-state index in [1.165, 1.54) is 0 Å². The second-order valence-electron chi connectivity index (χ2n) is 3.78. The van der Waals surface area contributed by atoms with Crippen molar-refractivity contribution in [3.63, 3.8) is 0 Å². The number of nitrogen functional groups attached to an aromatic ring is 1. The lowest BCUT2D eigenvalue weighted by atomic mass is 10.1. The van der Waals surface area contributed by atoms with Crippen molar-refractivity contribution in [3.8, 4) is 5.75 Å². The van der Waals surface area contributed by atoms with Crippen molar-refractivity contribution >= 4 is 11.6 Å². The first-order valence-electron chi connectivity index (χ1n) is 5.52. The van der Waals surface area contributed by atoms with Gasteiger partial charge in [0.25, 0.3) is 5.91 Å². The van der Waals surface area contributed by atoms with E-state index in [4.69, 9.17) is 15.6 Å². The molecule has 0 heterocycles. The van der Waals surface area contributed by atoms with Gasteiger partial charge in [-0.25, -0.2) is 0 Å². The van der Waals surface area contributed by atoms with Crippen LogP contribution < -0.4 is 15.8 Å². The molecular weight excluding hydrogens is 220 g/mol. The van der Waals surface area contributed by atoms with Crippen LogP contribution in [0.15, 0.2) is 18.2 Å². The molecule has 0 aromatic heterocycles. The molecule has 1 aromatic carbocycles. The standard InChI is InChI=1S/C12H18N2O3/c1-3-17-11-5-9(4-10(13)6-11)12(16)14-8(2)7-15/h4-6,8,15H,3,7,13H2,1-2H3,(H,14,16)/t8-/m0/s1. The minimum absolute atomic E-state index is 0.105. The van der Waals surface area contributed by atoms with Gasteiger partial charge in [-0.1, -0.05) is 0 Å². The van der Waals surface area contributed by atoms with Crippen LogP contribution in [0.2, 0.25) is 0 Å². The first-order chi connectivity index (χ1) is 8.06. The molecule has 0 aliphatic rings. The van der Waals surface area contributed by atoms with E-state index < -0.39 is 0 Å². The summed E-state index contributed by atoms with van der Waals surface area (Å²) in [5, 5.41) is 11.5. The highest BCUT2D eigenvalue weighted by Crippen LogP contribution is 2.18. The predicted molar refractivity (Wildman–Crippen MR) is 66.0 cm³/mol. The predicted octanol–water partition coefficient (Wildman–Crippen LogP) is 0.778. The van der Waals surface area contributed by atoms with Gasteiger partial charge in [-0.2, -0.15) is 0 Å². The number of hydrogen-bond acceptors (Lipinski definition) is 4. The van der Waals surface area contributed by atoms with Crippen molar-refractivity contribution in [2.45, 2.75) is 19.9 Å². The maximum atomic E-state index is 11.8. The third-order valence-corrected chi connectivity index (χ3v) is 2.15. The number of nitrogens with one attached hydrogen (secondary N) is 1. The number of carbonyl (C=O) groups is 1. The topological polar surface area (TPSA) is 84.6 Å². The quantitative estimate of drug-likeness (QED) is 0.662. The third-order valence-electron chi connectivity index (χ3n) is 2.15. The SMILES string of the molecule is CCOc1cc(N)cc(C(=O)N[C@@H](C)CO)c1. The van der Waals surface area contributed by atoms with Crippen LogP contribution in [-0.4, -0.2) is 30.3 Å². The van der Waals surface area contributed by atoms with Crippen LogP contribution in [-0.2, 0) is 0 Å². The molecule has 0 unspecified atom stereocenters. The average molecular weight is 238 g/mol. The van der Waals surface area contributed by atoms with Gasteiger partial charge in [0.1, 0.15) is 5.75 Å². The van der Waals surface area contributed by atoms with Crippen molar-refractivity contribution in [2.75, 3.05) is 18.9 Å². The molecule has 1 atom stereocenters. The molecule has 0 aliphatic heterocycles. The summed E-state index contributed by atoms with van der Waals surface area (Å²) in [6.07, 6.45) is 0. The number of aliphatic hydroxyl groups is 1.